The number of piperidine rings is 1. The predicted octanol–water partition coefficient (Wildman–Crippen LogP) is -5.65. The molecule has 3 aliphatic rings. The number of aliphatic imine (C=N–C) groups is 1. The zero-order chi connectivity index (χ0) is 23.6. The molecule has 180 valence electrons. The smallest absolute Gasteiger partial charge is 0.404 e. The van der Waals surface area contributed by atoms with Gasteiger partial charge in [0.25, 0.3) is 0 Å². The van der Waals surface area contributed by atoms with Crippen LogP contribution in [-0.2, 0) is 19.1 Å². The zero-order valence-electron chi connectivity index (χ0n) is 17.6. The van der Waals surface area contributed by atoms with E-state index in [4.69, 9.17) is 15.2 Å². The summed E-state index contributed by atoms with van der Waals surface area (Å²) in [5.41, 5.74) is 5.09. The lowest BCUT2D eigenvalue weighted by Gasteiger charge is -2.47. The van der Waals surface area contributed by atoms with Gasteiger partial charge in [0.2, 0.25) is 11.8 Å². The molecule has 0 aromatic carbocycles. The van der Waals surface area contributed by atoms with E-state index in [0.717, 1.165) is 0 Å². The lowest BCUT2D eigenvalue weighted by atomic mass is 9.94. The maximum atomic E-state index is 12.5. The summed E-state index contributed by atoms with van der Waals surface area (Å²) in [5, 5.41) is 41.8. The van der Waals surface area contributed by atoms with Crippen LogP contribution >= 0.6 is 0 Å². The number of guanidine groups is 1. The minimum atomic E-state index is -1.49. The van der Waals surface area contributed by atoms with E-state index in [0.29, 0.717) is 0 Å². The van der Waals surface area contributed by atoms with Crippen molar-refractivity contribution in [3.05, 3.63) is 0 Å². The lowest BCUT2D eigenvalue weighted by Crippen LogP contribution is -2.70. The molecule has 3 aliphatic heterocycles. The molecule has 5 unspecified atom stereocenters. The average Bonchev–Trinajstić information content (AvgIpc) is 3.17. The molecule has 2 saturated heterocycles. The Morgan fingerprint density at radius 2 is 2.12 bits per heavy atom. The average molecular weight is 459 g/mol. The number of ether oxygens (including phenoxy) is 2. The molecular weight excluding hydrogens is 430 g/mol. The molecule has 15 heteroatoms. The number of nitrogens with one attached hydrogen (secondary N) is 4. The minimum Gasteiger partial charge on any atom is -0.441 e. The summed E-state index contributed by atoms with van der Waals surface area (Å²) < 4.78 is 10.7. The van der Waals surface area contributed by atoms with Crippen molar-refractivity contribution in [3.63, 3.8) is 0 Å². The van der Waals surface area contributed by atoms with Crippen LogP contribution in [0.3, 0.4) is 0 Å². The van der Waals surface area contributed by atoms with Crippen LogP contribution in [0.25, 0.3) is 0 Å². The van der Waals surface area contributed by atoms with Gasteiger partial charge in [0, 0.05) is 13.6 Å². The lowest BCUT2D eigenvalue weighted by molar-refractivity contribution is -0.215. The Bertz CT molecular complexity index is 767. The fraction of sp³-hybridized carbons (Fsp3) is 0.765. The molecule has 0 radical (unpaired) electrons. The van der Waals surface area contributed by atoms with Crippen LogP contribution in [0.2, 0.25) is 0 Å². The highest BCUT2D eigenvalue weighted by atomic mass is 16.6. The summed E-state index contributed by atoms with van der Waals surface area (Å²) in [6, 6.07) is -2.65. The fourth-order valence-corrected chi connectivity index (χ4v) is 4.03. The molecule has 3 heterocycles. The molecule has 8 atom stereocenters. The molecule has 0 aromatic heterocycles. The third kappa shape index (κ3) is 4.71. The Hall–Kier alpha value is -2.72. The molecule has 3 rings (SSSR count). The number of primary amides is 1. The molecule has 3 amide bonds. The van der Waals surface area contributed by atoms with Gasteiger partial charge >= 0.3 is 6.09 Å². The van der Waals surface area contributed by atoms with Crippen molar-refractivity contribution in [1.82, 2.24) is 26.2 Å². The Kier molecular flexibility index (Phi) is 7.35. The highest BCUT2D eigenvalue weighted by Gasteiger charge is 2.51. The van der Waals surface area contributed by atoms with Crippen molar-refractivity contribution in [3.8, 4) is 0 Å². The van der Waals surface area contributed by atoms with Crippen LogP contribution in [0.1, 0.15) is 0 Å². The number of hydrogen-bond donors (Lipinski definition) is 8. The number of fused-ring (bicyclic) bond motifs is 1. The first-order valence-corrected chi connectivity index (χ1v) is 10.0. The van der Waals surface area contributed by atoms with Gasteiger partial charge in [-0.3, -0.25) is 9.59 Å². The van der Waals surface area contributed by atoms with E-state index >= 15 is 0 Å². The van der Waals surface area contributed by atoms with E-state index < -0.39 is 67.4 Å². The minimum absolute atomic E-state index is 0.0487. The van der Waals surface area contributed by atoms with Crippen LogP contribution in [0.5, 0.6) is 0 Å². The number of nitrogens with two attached hydrogens (primary N) is 1. The number of carbonyl (C=O) groups is 3. The zero-order valence-corrected chi connectivity index (χ0v) is 17.6. The largest absolute Gasteiger partial charge is 0.441 e. The highest BCUT2D eigenvalue weighted by Crippen LogP contribution is 2.26. The summed E-state index contributed by atoms with van der Waals surface area (Å²) in [7, 11) is 3.00. The monoisotopic (exact) mass is 459 g/mol. The van der Waals surface area contributed by atoms with Crippen LogP contribution in [-0.4, -0.2) is 127 Å². The summed E-state index contributed by atoms with van der Waals surface area (Å²) in [6.45, 7) is -0.607. The number of aliphatic hydroxyl groups is 3. The van der Waals surface area contributed by atoms with E-state index in [1.165, 1.54) is 11.9 Å². The number of hydrogen-bond acceptors (Lipinski definition) is 12. The van der Waals surface area contributed by atoms with Crippen molar-refractivity contribution in [2.45, 2.75) is 48.8 Å². The van der Waals surface area contributed by atoms with Gasteiger partial charge in [0.15, 0.2) is 24.3 Å². The Morgan fingerprint density at radius 3 is 2.72 bits per heavy atom. The Morgan fingerprint density at radius 1 is 1.41 bits per heavy atom. The standard InChI is InChI=1S/C17H29N7O8/c1-19-4-8(27)24(2)11-12(28)13(32-16(18)30)7(5-25)31-15(11)23-17-21-9-6(26)3-20-14(29)10(9)22-17/h6-7,9-13,15,19,25-26,28H,3-5H2,1-2H3,(H2,18,30)(H,20,29)(H2,21,22,23)/t6-,7?,9-,10+,11?,12?,13?,15?/m1/s1. The van der Waals surface area contributed by atoms with Crippen LogP contribution in [0.4, 0.5) is 4.79 Å². The van der Waals surface area contributed by atoms with Crippen LogP contribution in [0.15, 0.2) is 4.99 Å². The normalized spacial score (nSPS) is 36.3. The summed E-state index contributed by atoms with van der Waals surface area (Å²) >= 11 is 0. The van der Waals surface area contributed by atoms with Crippen molar-refractivity contribution in [2.75, 3.05) is 33.8 Å². The first-order valence-electron chi connectivity index (χ1n) is 10.0. The second-order valence-corrected chi connectivity index (χ2v) is 7.74. The molecule has 2 fully saturated rings. The summed E-state index contributed by atoms with van der Waals surface area (Å²) in [5.74, 6) is -0.675. The Labute approximate surface area is 183 Å². The van der Waals surface area contributed by atoms with E-state index in [9.17, 15) is 29.7 Å². The molecule has 15 nitrogen and oxygen atoms in total. The molecule has 0 bridgehead atoms. The van der Waals surface area contributed by atoms with Crippen molar-refractivity contribution < 1.29 is 39.2 Å². The van der Waals surface area contributed by atoms with Gasteiger partial charge < -0.3 is 56.7 Å². The molecule has 9 N–H and O–H groups in total. The second kappa shape index (κ2) is 9.83. The van der Waals surface area contributed by atoms with E-state index in [1.807, 2.05) is 0 Å². The fourth-order valence-electron chi connectivity index (χ4n) is 4.03. The molecule has 0 aromatic rings. The third-order valence-corrected chi connectivity index (χ3v) is 5.64. The summed E-state index contributed by atoms with van der Waals surface area (Å²) in [6.07, 6.45) is -7.21. The molecule has 0 saturated carbocycles. The van der Waals surface area contributed by atoms with Gasteiger partial charge in [-0.1, -0.05) is 0 Å². The topological polar surface area (TPSA) is 220 Å². The number of rotatable bonds is 6. The summed E-state index contributed by atoms with van der Waals surface area (Å²) in [4.78, 5) is 41.3. The Balaban J connectivity index is 1.85. The van der Waals surface area contributed by atoms with E-state index in [2.05, 4.69) is 26.3 Å². The van der Waals surface area contributed by atoms with Crippen LogP contribution < -0.4 is 27.0 Å². The van der Waals surface area contributed by atoms with Gasteiger partial charge in [0.05, 0.1) is 25.3 Å². The number of nitrogens with zero attached hydrogens (tertiary/aromatic N) is 2. The quantitative estimate of drug-likeness (QED) is 0.187. The van der Waals surface area contributed by atoms with E-state index in [-0.39, 0.29) is 25.0 Å². The predicted molar refractivity (Wildman–Crippen MR) is 107 cm³/mol. The molecule has 32 heavy (non-hydrogen) atoms. The van der Waals surface area contributed by atoms with Crippen molar-refractivity contribution >= 4 is 23.9 Å². The molecule has 0 aliphatic carbocycles. The third-order valence-electron chi connectivity index (χ3n) is 5.64. The molecule has 0 spiro atoms. The number of amides is 3. The first kappa shape index (κ1) is 23.9. The first-order chi connectivity index (χ1) is 15.2. The van der Waals surface area contributed by atoms with Crippen molar-refractivity contribution in [1.29, 1.82) is 0 Å². The van der Waals surface area contributed by atoms with Gasteiger partial charge in [-0.05, 0) is 7.05 Å². The number of likely N-dealkylation sites (N-methyl/N-ethyl adjacent to an activating group) is 2. The van der Waals surface area contributed by atoms with Crippen LogP contribution in [0, 0.1) is 0 Å². The number of aliphatic hydroxyl groups excluding tert-OH is 3. The maximum Gasteiger partial charge on any atom is 0.404 e. The second-order valence-electron chi connectivity index (χ2n) is 7.74. The SMILES string of the molecule is CNCC(=O)N(C)C1C(NC2=N[C@@H]3C(=O)NC[C@@H](O)[C@H]3N2)OC(CO)C(OC(N)=O)C1O. The number of β-amino-alcohol motifs (C(OH)–C–C–N with tert-alkyl or cyclic N) is 1. The molecular formula is C17H29N7O8. The number of carbonyl (C=O) groups excluding carboxylic acids is 3. The van der Waals surface area contributed by atoms with Gasteiger partial charge in [-0.2, -0.15) is 0 Å². The van der Waals surface area contributed by atoms with Gasteiger partial charge in [-0.25, -0.2) is 9.79 Å². The van der Waals surface area contributed by atoms with Gasteiger partial charge in [0.1, 0.15) is 18.2 Å². The van der Waals surface area contributed by atoms with Crippen molar-refractivity contribution in [2.24, 2.45) is 10.7 Å². The highest BCUT2D eigenvalue weighted by molar-refractivity contribution is 5.92. The van der Waals surface area contributed by atoms with E-state index in [1.54, 1.807) is 7.05 Å². The van der Waals surface area contributed by atoms with Gasteiger partial charge in [-0.15, -0.1) is 0 Å². The maximum absolute atomic E-state index is 12.5.